The number of benzene rings is 1. The maximum Gasteiger partial charge on any atom is 0.416 e. The van der Waals surface area contributed by atoms with E-state index in [9.17, 15) is 18.0 Å². The SMILES string of the molecule is CC(=O)NCCCc1ccc(C(F)(F)F)cc1. The normalized spacial score (nSPS) is 11.3. The van der Waals surface area contributed by atoms with Gasteiger partial charge in [-0.05, 0) is 30.5 Å². The Labute approximate surface area is 97.8 Å². The van der Waals surface area contributed by atoms with E-state index in [1.54, 1.807) is 0 Å². The predicted octanol–water partition coefficient (Wildman–Crippen LogP) is 2.77. The first-order valence-electron chi connectivity index (χ1n) is 5.30. The van der Waals surface area contributed by atoms with Gasteiger partial charge in [0.1, 0.15) is 0 Å². The second-order valence-electron chi connectivity index (χ2n) is 3.78. The predicted molar refractivity (Wildman–Crippen MR) is 58.4 cm³/mol. The number of hydrogen-bond donors (Lipinski definition) is 1. The molecule has 1 aromatic rings. The molecule has 0 heterocycles. The van der Waals surface area contributed by atoms with E-state index < -0.39 is 11.7 Å². The zero-order valence-electron chi connectivity index (χ0n) is 9.47. The molecule has 0 saturated heterocycles. The van der Waals surface area contributed by atoms with Crippen LogP contribution in [0.2, 0.25) is 0 Å². The first-order chi connectivity index (χ1) is 7.89. The molecule has 0 spiro atoms. The summed E-state index contributed by atoms with van der Waals surface area (Å²) < 4.78 is 36.8. The molecule has 5 heteroatoms. The third-order valence-electron chi connectivity index (χ3n) is 2.30. The molecule has 1 amide bonds. The Kier molecular flexibility index (Phi) is 4.54. The molecule has 0 atom stereocenters. The number of aryl methyl sites for hydroxylation is 1. The highest BCUT2D eigenvalue weighted by Crippen LogP contribution is 2.29. The van der Waals surface area contributed by atoms with Gasteiger partial charge < -0.3 is 5.32 Å². The highest BCUT2D eigenvalue weighted by atomic mass is 19.4. The summed E-state index contributed by atoms with van der Waals surface area (Å²) in [7, 11) is 0. The number of rotatable bonds is 4. The smallest absolute Gasteiger partial charge is 0.356 e. The molecule has 17 heavy (non-hydrogen) atoms. The van der Waals surface area contributed by atoms with E-state index in [1.165, 1.54) is 19.1 Å². The average Bonchev–Trinajstić information content (AvgIpc) is 2.23. The van der Waals surface area contributed by atoms with Crippen molar-refractivity contribution in [2.45, 2.75) is 25.9 Å². The van der Waals surface area contributed by atoms with Crippen molar-refractivity contribution in [2.75, 3.05) is 6.54 Å². The summed E-state index contributed by atoms with van der Waals surface area (Å²) in [4.78, 5) is 10.6. The lowest BCUT2D eigenvalue weighted by molar-refractivity contribution is -0.137. The van der Waals surface area contributed by atoms with Crippen LogP contribution >= 0.6 is 0 Å². The highest BCUT2D eigenvalue weighted by Gasteiger charge is 2.29. The zero-order chi connectivity index (χ0) is 12.9. The van der Waals surface area contributed by atoms with Crippen molar-refractivity contribution in [1.82, 2.24) is 5.32 Å². The van der Waals surface area contributed by atoms with Crippen LogP contribution in [0.15, 0.2) is 24.3 Å². The quantitative estimate of drug-likeness (QED) is 0.812. The van der Waals surface area contributed by atoms with Gasteiger partial charge in [-0.3, -0.25) is 4.79 Å². The molecule has 94 valence electrons. The summed E-state index contributed by atoms with van der Waals surface area (Å²) >= 11 is 0. The first-order valence-corrected chi connectivity index (χ1v) is 5.30. The molecular formula is C12H14F3NO. The summed E-state index contributed by atoms with van der Waals surface area (Å²) in [6.07, 6.45) is -2.92. The Balaban J connectivity index is 2.43. The third-order valence-corrected chi connectivity index (χ3v) is 2.30. The molecule has 0 bridgehead atoms. The summed E-state index contributed by atoms with van der Waals surface area (Å²) in [6.45, 7) is 1.97. The van der Waals surface area contributed by atoms with E-state index in [1.807, 2.05) is 0 Å². The van der Waals surface area contributed by atoms with Gasteiger partial charge in [0.2, 0.25) is 5.91 Å². The summed E-state index contributed by atoms with van der Waals surface area (Å²) in [6, 6.07) is 5.09. The van der Waals surface area contributed by atoms with Crippen LogP contribution in [-0.4, -0.2) is 12.5 Å². The van der Waals surface area contributed by atoms with E-state index in [-0.39, 0.29) is 5.91 Å². The van der Waals surface area contributed by atoms with E-state index >= 15 is 0 Å². The molecule has 0 aromatic heterocycles. The molecule has 0 radical (unpaired) electrons. The largest absolute Gasteiger partial charge is 0.416 e. The van der Waals surface area contributed by atoms with Gasteiger partial charge in [-0.2, -0.15) is 13.2 Å². The van der Waals surface area contributed by atoms with Crippen LogP contribution in [0.1, 0.15) is 24.5 Å². The van der Waals surface area contributed by atoms with Crippen molar-refractivity contribution >= 4 is 5.91 Å². The third kappa shape index (κ3) is 4.89. The molecule has 0 unspecified atom stereocenters. The van der Waals surface area contributed by atoms with Crippen LogP contribution in [0.5, 0.6) is 0 Å². The fourth-order valence-corrected chi connectivity index (χ4v) is 1.42. The van der Waals surface area contributed by atoms with E-state index in [4.69, 9.17) is 0 Å². The summed E-state index contributed by atoms with van der Waals surface area (Å²) in [5, 5.41) is 2.63. The fourth-order valence-electron chi connectivity index (χ4n) is 1.42. The second-order valence-corrected chi connectivity index (χ2v) is 3.78. The lowest BCUT2D eigenvalue weighted by Gasteiger charge is -2.07. The van der Waals surface area contributed by atoms with Gasteiger partial charge in [0.15, 0.2) is 0 Å². The van der Waals surface area contributed by atoms with Crippen LogP contribution in [0.3, 0.4) is 0 Å². The number of nitrogens with one attached hydrogen (secondary N) is 1. The lowest BCUT2D eigenvalue weighted by Crippen LogP contribution is -2.21. The highest BCUT2D eigenvalue weighted by molar-refractivity contribution is 5.72. The zero-order valence-corrected chi connectivity index (χ0v) is 9.47. The van der Waals surface area contributed by atoms with Gasteiger partial charge in [0.05, 0.1) is 5.56 Å². The number of carbonyl (C=O) groups is 1. The van der Waals surface area contributed by atoms with E-state index in [2.05, 4.69) is 5.32 Å². The van der Waals surface area contributed by atoms with Crippen molar-refractivity contribution < 1.29 is 18.0 Å². The van der Waals surface area contributed by atoms with Gasteiger partial charge in [-0.25, -0.2) is 0 Å². The van der Waals surface area contributed by atoms with Crippen LogP contribution in [0.25, 0.3) is 0 Å². The molecule has 0 aliphatic rings. The summed E-state index contributed by atoms with van der Waals surface area (Å²) in [5.74, 6) is -0.0996. The maximum absolute atomic E-state index is 12.3. The lowest BCUT2D eigenvalue weighted by atomic mass is 10.1. The Bertz CT molecular complexity index is 370. The Morgan fingerprint density at radius 3 is 2.29 bits per heavy atom. The number of halogens is 3. The van der Waals surface area contributed by atoms with Gasteiger partial charge >= 0.3 is 6.18 Å². The average molecular weight is 245 g/mol. The molecule has 1 N–H and O–H groups in total. The molecule has 1 aromatic carbocycles. The van der Waals surface area contributed by atoms with Crippen molar-refractivity contribution in [3.05, 3.63) is 35.4 Å². The molecule has 0 fully saturated rings. The van der Waals surface area contributed by atoms with Crippen molar-refractivity contribution in [2.24, 2.45) is 0 Å². The van der Waals surface area contributed by atoms with E-state index in [0.29, 0.717) is 19.4 Å². The minimum absolute atomic E-state index is 0.0996. The van der Waals surface area contributed by atoms with Crippen LogP contribution in [-0.2, 0) is 17.4 Å². The Morgan fingerprint density at radius 2 is 1.82 bits per heavy atom. The summed E-state index contributed by atoms with van der Waals surface area (Å²) in [5.41, 5.74) is 0.200. The molecule has 0 aliphatic carbocycles. The van der Waals surface area contributed by atoms with Crippen LogP contribution in [0.4, 0.5) is 13.2 Å². The number of alkyl halides is 3. The molecular weight excluding hydrogens is 231 g/mol. The minimum atomic E-state index is -4.28. The second kappa shape index (κ2) is 5.70. The van der Waals surface area contributed by atoms with Crippen LogP contribution in [0, 0.1) is 0 Å². The monoisotopic (exact) mass is 245 g/mol. The van der Waals surface area contributed by atoms with Crippen LogP contribution < -0.4 is 5.32 Å². The maximum atomic E-state index is 12.3. The Hall–Kier alpha value is -1.52. The van der Waals surface area contributed by atoms with E-state index in [0.717, 1.165) is 17.7 Å². The Morgan fingerprint density at radius 1 is 1.24 bits per heavy atom. The molecule has 2 nitrogen and oxygen atoms in total. The van der Waals surface area contributed by atoms with Crippen molar-refractivity contribution in [3.63, 3.8) is 0 Å². The number of amides is 1. The number of hydrogen-bond acceptors (Lipinski definition) is 1. The minimum Gasteiger partial charge on any atom is -0.356 e. The van der Waals surface area contributed by atoms with Gasteiger partial charge in [0.25, 0.3) is 0 Å². The molecule has 1 rings (SSSR count). The van der Waals surface area contributed by atoms with Gasteiger partial charge in [-0.15, -0.1) is 0 Å². The van der Waals surface area contributed by atoms with Crippen molar-refractivity contribution in [3.8, 4) is 0 Å². The standard InChI is InChI=1S/C12H14F3NO/c1-9(17)16-8-2-3-10-4-6-11(7-5-10)12(13,14)15/h4-7H,2-3,8H2,1H3,(H,16,17). The van der Waals surface area contributed by atoms with Gasteiger partial charge in [0, 0.05) is 13.5 Å². The fraction of sp³-hybridized carbons (Fsp3) is 0.417. The molecule has 0 saturated carbocycles. The van der Waals surface area contributed by atoms with Crippen molar-refractivity contribution in [1.29, 1.82) is 0 Å². The topological polar surface area (TPSA) is 29.1 Å². The first kappa shape index (κ1) is 13.5. The number of carbonyl (C=O) groups excluding carboxylic acids is 1. The molecule has 0 aliphatic heterocycles. The van der Waals surface area contributed by atoms with Gasteiger partial charge in [-0.1, -0.05) is 12.1 Å².